The van der Waals surface area contributed by atoms with Crippen molar-refractivity contribution in [3.63, 3.8) is 0 Å². The Morgan fingerprint density at radius 2 is 1.82 bits per heavy atom. The second-order valence-corrected chi connectivity index (χ2v) is 5.07. The van der Waals surface area contributed by atoms with Crippen molar-refractivity contribution in [2.24, 2.45) is 0 Å². The molecular formula is C19H23NO2. The normalized spacial score (nSPS) is 10.3. The summed E-state index contributed by atoms with van der Waals surface area (Å²) in [7, 11) is 3.38. The molecule has 0 aromatic heterocycles. The summed E-state index contributed by atoms with van der Waals surface area (Å²) in [6.45, 7) is 7.45. The summed E-state index contributed by atoms with van der Waals surface area (Å²) in [6.07, 6.45) is 1.88. The summed E-state index contributed by atoms with van der Waals surface area (Å²) in [5.74, 6) is 0.857. The number of hydrogen-bond acceptors (Lipinski definition) is 3. The van der Waals surface area contributed by atoms with Crippen LogP contribution < -0.4 is 10.1 Å². The zero-order chi connectivity index (χ0) is 15.9. The lowest BCUT2D eigenvalue weighted by Gasteiger charge is -2.18. The van der Waals surface area contributed by atoms with Crippen molar-refractivity contribution in [1.29, 1.82) is 0 Å². The Hall–Kier alpha value is -2.26. The molecule has 22 heavy (non-hydrogen) atoms. The van der Waals surface area contributed by atoms with Gasteiger partial charge in [0.05, 0.1) is 13.7 Å². The van der Waals surface area contributed by atoms with Gasteiger partial charge >= 0.3 is 0 Å². The van der Waals surface area contributed by atoms with Crippen molar-refractivity contribution in [2.45, 2.75) is 6.92 Å². The number of rotatable bonds is 7. The minimum atomic E-state index is 0.659. The SMILES string of the molecule is C=Cc1ccc(C)c(-c2ccc(OC)cc2)c1NCCOC. The van der Waals surface area contributed by atoms with Crippen LogP contribution in [0.2, 0.25) is 0 Å². The maximum absolute atomic E-state index is 5.24. The van der Waals surface area contributed by atoms with E-state index in [9.17, 15) is 0 Å². The summed E-state index contributed by atoms with van der Waals surface area (Å²) in [5, 5.41) is 3.47. The molecule has 3 nitrogen and oxygen atoms in total. The van der Waals surface area contributed by atoms with Crippen LogP contribution in [0, 0.1) is 6.92 Å². The fraction of sp³-hybridized carbons (Fsp3) is 0.263. The van der Waals surface area contributed by atoms with Crippen LogP contribution >= 0.6 is 0 Å². The first kappa shape index (κ1) is 16.1. The van der Waals surface area contributed by atoms with Gasteiger partial charge in [0, 0.05) is 24.9 Å². The van der Waals surface area contributed by atoms with E-state index in [0.29, 0.717) is 6.61 Å². The number of benzene rings is 2. The Kier molecular flexibility index (Phi) is 5.61. The van der Waals surface area contributed by atoms with Crippen LogP contribution in [0.15, 0.2) is 43.0 Å². The molecule has 0 radical (unpaired) electrons. The van der Waals surface area contributed by atoms with E-state index >= 15 is 0 Å². The van der Waals surface area contributed by atoms with Gasteiger partial charge in [0.2, 0.25) is 0 Å². The molecule has 0 fully saturated rings. The fourth-order valence-corrected chi connectivity index (χ4v) is 2.49. The number of aryl methyl sites for hydroxylation is 1. The molecule has 0 heterocycles. The van der Waals surface area contributed by atoms with E-state index in [1.165, 1.54) is 11.1 Å². The van der Waals surface area contributed by atoms with Crippen molar-refractivity contribution in [3.05, 3.63) is 54.1 Å². The van der Waals surface area contributed by atoms with Gasteiger partial charge in [-0.05, 0) is 35.7 Å². The van der Waals surface area contributed by atoms with Gasteiger partial charge in [-0.3, -0.25) is 0 Å². The first-order chi connectivity index (χ1) is 10.7. The Morgan fingerprint density at radius 1 is 1.09 bits per heavy atom. The third-order valence-corrected chi connectivity index (χ3v) is 3.65. The summed E-state index contributed by atoms with van der Waals surface area (Å²) in [5.41, 5.74) is 5.75. The third kappa shape index (κ3) is 3.49. The van der Waals surface area contributed by atoms with Crippen LogP contribution in [0.4, 0.5) is 5.69 Å². The molecule has 0 spiro atoms. The number of anilines is 1. The highest BCUT2D eigenvalue weighted by Gasteiger charge is 2.12. The summed E-state index contributed by atoms with van der Waals surface area (Å²) < 4.78 is 10.4. The molecule has 2 aromatic carbocycles. The molecule has 2 rings (SSSR count). The Morgan fingerprint density at radius 3 is 2.41 bits per heavy atom. The Bertz CT molecular complexity index is 633. The van der Waals surface area contributed by atoms with Crippen LogP contribution in [-0.4, -0.2) is 27.4 Å². The maximum Gasteiger partial charge on any atom is 0.118 e. The largest absolute Gasteiger partial charge is 0.497 e. The molecule has 0 aliphatic heterocycles. The molecule has 0 saturated heterocycles. The van der Waals surface area contributed by atoms with Crippen molar-refractivity contribution < 1.29 is 9.47 Å². The lowest BCUT2D eigenvalue weighted by molar-refractivity contribution is 0.211. The van der Waals surface area contributed by atoms with Gasteiger partial charge in [0.25, 0.3) is 0 Å². The Labute approximate surface area is 132 Å². The second-order valence-electron chi connectivity index (χ2n) is 5.07. The average molecular weight is 297 g/mol. The molecule has 0 bridgehead atoms. The van der Waals surface area contributed by atoms with E-state index in [-0.39, 0.29) is 0 Å². The van der Waals surface area contributed by atoms with Crippen LogP contribution in [0.3, 0.4) is 0 Å². The van der Waals surface area contributed by atoms with Crippen LogP contribution in [0.25, 0.3) is 17.2 Å². The van der Waals surface area contributed by atoms with Gasteiger partial charge in [-0.25, -0.2) is 0 Å². The highest BCUT2D eigenvalue weighted by Crippen LogP contribution is 2.35. The lowest BCUT2D eigenvalue weighted by Crippen LogP contribution is -2.10. The van der Waals surface area contributed by atoms with Crippen LogP contribution in [0.1, 0.15) is 11.1 Å². The van der Waals surface area contributed by atoms with E-state index in [0.717, 1.165) is 29.1 Å². The summed E-state index contributed by atoms with van der Waals surface area (Å²) in [6, 6.07) is 12.3. The quantitative estimate of drug-likeness (QED) is 0.770. The van der Waals surface area contributed by atoms with Crippen molar-refractivity contribution in [3.8, 4) is 16.9 Å². The molecule has 116 valence electrons. The molecule has 3 heteroatoms. The van der Waals surface area contributed by atoms with Crippen molar-refractivity contribution in [1.82, 2.24) is 0 Å². The summed E-state index contributed by atoms with van der Waals surface area (Å²) >= 11 is 0. The molecule has 0 aliphatic carbocycles. The van der Waals surface area contributed by atoms with Crippen LogP contribution in [0.5, 0.6) is 5.75 Å². The molecule has 0 atom stereocenters. The summed E-state index contributed by atoms with van der Waals surface area (Å²) in [4.78, 5) is 0. The van der Waals surface area contributed by atoms with Gasteiger partial charge in [0.1, 0.15) is 5.75 Å². The smallest absolute Gasteiger partial charge is 0.118 e. The van der Waals surface area contributed by atoms with Gasteiger partial charge in [-0.1, -0.05) is 36.9 Å². The van der Waals surface area contributed by atoms with E-state index in [4.69, 9.17) is 9.47 Å². The molecule has 0 saturated carbocycles. The molecule has 1 N–H and O–H groups in total. The Balaban J connectivity index is 2.48. The predicted octanol–water partition coefficient (Wildman–Crippen LogP) is 4.37. The fourth-order valence-electron chi connectivity index (χ4n) is 2.49. The van der Waals surface area contributed by atoms with Gasteiger partial charge in [-0.15, -0.1) is 0 Å². The second kappa shape index (κ2) is 7.66. The van der Waals surface area contributed by atoms with E-state index in [2.05, 4.69) is 43.1 Å². The monoisotopic (exact) mass is 297 g/mol. The highest BCUT2D eigenvalue weighted by atomic mass is 16.5. The van der Waals surface area contributed by atoms with Gasteiger partial charge < -0.3 is 14.8 Å². The average Bonchev–Trinajstić information content (AvgIpc) is 2.55. The first-order valence-corrected chi connectivity index (χ1v) is 7.34. The maximum atomic E-state index is 5.24. The first-order valence-electron chi connectivity index (χ1n) is 7.34. The number of hydrogen-bond donors (Lipinski definition) is 1. The van der Waals surface area contributed by atoms with Crippen molar-refractivity contribution >= 4 is 11.8 Å². The molecule has 2 aromatic rings. The zero-order valence-corrected chi connectivity index (χ0v) is 13.5. The third-order valence-electron chi connectivity index (χ3n) is 3.65. The number of ether oxygens (including phenoxy) is 2. The number of nitrogens with one attached hydrogen (secondary N) is 1. The standard InChI is InChI=1S/C19H23NO2/c1-5-15-7-6-14(2)18(19(15)20-12-13-21-3)16-8-10-17(22-4)11-9-16/h5-11,20H,1,12-13H2,2-4H3. The van der Waals surface area contributed by atoms with Crippen LogP contribution in [-0.2, 0) is 4.74 Å². The molecule has 0 unspecified atom stereocenters. The van der Waals surface area contributed by atoms with Crippen molar-refractivity contribution in [2.75, 3.05) is 32.7 Å². The molecular weight excluding hydrogens is 274 g/mol. The molecule has 0 aliphatic rings. The van der Waals surface area contributed by atoms with E-state index in [1.54, 1.807) is 14.2 Å². The van der Waals surface area contributed by atoms with Gasteiger partial charge in [0.15, 0.2) is 0 Å². The minimum Gasteiger partial charge on any atom is -0.497 e. The van der Waals surface area contributed by atoms with E-state index in [1.807, 2.05) is 18.2 Å². The topological polar surface area (TPSA) is 30.5 Å². The predicted molar refractivity (Wildman–Crippen MR) is 93.6 cm³/mol. The highest BCUT2D eigenvalue weighted by molar-refractivity contribution is 5.86. The molecule has 0 amide bonds. The zero-order valence-electron chi connectivity index (χ0n) is 13.5. The minimum absolute atomic E-state index is 0.659. The van der Waals surface area contributed by atoms with Gasteiger partial charge in [-0.2, -0.15) is 0 Å². The lowest BCUT2D eigenvalue weighted by atomic mass is 9.95. The number of methoxy groups -OCH3 is 2. The van der Waals surface area contributed by atoms with E-state index < -0.39 is 0 Å².